The first-order chi connectivity index (χ1) is 19.8. The molecule has 3 aromatic carbocycles. The topological polar surface area (TPSA) is 99.3 Å². The maximum Gasteiger partial charge on any atom is 0.304 e. The SMILES string of the molecule is COc1cccc(CN(C(=O)CN(c2cc(C)ccc2C)S(=O)(=O)N(C)C)C(Cc2ccccc2)C(=O)NC(C)C)c1. The minimum atomic E-state index is -4.07. The van der Waals surface area contributed by atoms with E-state index in [1.807, 2.05) is 75.4 Å². The normalized spacial score (nSPS) is 12.2. The lowest BCUT2D eigenvalue weighted by Gasteiger charge is -2.35. The summed E-state index contributed by atoms with van der Waals surface area (Å²) in [7, 11) is 0.353. The molecule has 1 unspecified atom stereocenters. The number of benzene rings is 3. The van der Waals surface area contributed by atoms with E-state index >= 15 is 0 Å². The van der Waals surface area contributed by atoms with Crippen molar-refractivity contribution in [1.29, 1.82) is 0 Å². The van der Waals surface area contributed by atoms with Crippen molar-refractivity contribution in [3.05, 3.63) is 95.1 Å². The third kappa shape index (κ3) is 8.33. The number of carbonyl (C=O) groups is 2. The molecule has 0 aliphatic carbocycles. The van der Waals surface area contributed by atoms with Crippen LogP contribution in [0, 0.1) is 13.8 Å². The Kier molecular flexibility index (Phi) is 11.1. The lowest BCUT2D eigenvalue weighted by molar-refractivity contribution is -0.140. The molecule has 3 aromatic rings. The molecule has 0 saturated heterocycles. The van der Waals surface area contributed by atoms with E-state index in [2.05, 4.69) is 5.32 Å². The lowest BCUT2D eigenvalue weighted by atomic mass is 10.0. The minimum absolute atomic E-state index is 0.0711. The zero-order valence-electron chi connectivity index (χ0n) is 25.5. The van der Waals surface area contributed by atoms with Gasteiger partial charge in [0.25, 0.3) is 0 Å². The average molecular weight is 595 g/mol. The van der Waals surface area contributed by atoms with Gasteiger partial charge in [-0.25, -0.2) is 4.31 Å². The first-order valence-corrected chi connectivity index (χ1v) is 15.3. The summed E-state index contributed by atoms with van der Waals surface area (Å²) in [5.74, 6) is -0.221. The molecule has 0 saturated carbocycles. The summed E-state index contributed by atoms with van der Waals surface area (Å²) in [5.41, 5.74) is 3.58. The smallest absolute Gasteiger partial charge is 0.304 e. The summed E-state index contributed by atoms with van der Waals surface area (Å²) >= 11 is 0. The fraction of sp³-hybridized carbons (Fsp3) is 0.375. The number of hydrogen-bond acceptors (Lipinski definition) is 5. The average Bonchev–Trinajstić information content (AvgIpc) is 2.95. The highest BCUT2D eigenvalue weighted by Crippen LogP contribution is 2.26. The number of rotatable bonds is 13. The summed E-state index contributed by atoms with van der Waals surface area (Å²) in [6, 6.07) is 21.1. The van der Waals surface area contributed by atoms with E-state index in [9.17, 15) is 18.0 Å². The molecule has 1 N–H and O–H groups in total. The molecule has 9 nitrogen and oxygen atoms in total. The standard InChI is InChI=1S/C32H42N4O5S/c1-23(2)33-32(38)30(20-26-12-9-8-10-13-26)35(21-27-14-11-15-28(19-27)41-7)31(37)22-36(42(39,40)34(5)6)29-18-24(3)16-17-25(29)4/h8-19,23,30H,20-22H2,1-7H3,(H,33,38). The van der Waals surface area contributed by atoms with Crippen molar-refractivity contribution in [1.82, 2.24) is 14.5 Å². The highest BCUT2D eigenvalue weighted by atomic mass is 32.2. The number of carbonyl (C=O) groups excluding carboxylic acids is 2. The van der Waals surface area contributed by atoms with E-state index in [-0.39, 0.29) is 24.9 Å². The summed E-state index contributed by atoms with van der Waals surface area (Å²) in [4.78, 5) is 29.5. The predicted octanol–water partition coefficient (Wildman–Crippen LogP) is 4.09. The minimum Gasteiger partial charge on any atom is -0.497 e. The number of anilines is 1. The Morgan fingerprint density at radius 2 is 1.57 bits per heavy atom. The zero-order chi connectivity index (χ0) is 31.0. The fourth-order valence-electron chi connectivity index (χ4n) is 4.59. The van der Waals surface area contributed by atoms with E-state index in [4.69, 9.17) is 4.74 Å². The first kappa shape index (κ1) is 32.6. The molecule has 0 aliphatic heterocycles. The summed E-state index contributed by atoms with van der Waals surface area (Å²) in [6.45, 7) is 6.97. The van der Waals surface area contributed by atoms with Gasteiger partial charge in [-0.15, -0.1) is 0 Å². The molecule has 0 aliphatic rings. The van der Waals surface area contributed by atoms with Gasteiger partial charge in [0.05, 0.1) is 12.8 Å². The van der Waals surface area contributed by atoms with Gasteiger partial charge in [0.15, 0.2) is 0 Å². The quantitative estimate of drug-likeness (QED) is 0.322. The van der Waals surface area contributed by atoms with Gasteiger partial charge >= 0.3 is 10.2 Å². The highest BCUT2D eigenvalue weighted by molar-refractivity contribution is 7.90. The third-order valence-electron chi connectivity index (χ3n) is 6.84. The lowest BCUT2D eigenvalue weighted by Crippen LogP contribution is -2.55. The van der Waals surface area contributed by atoms with E-state index in [0.29, 0.717) is 17.0 Å². The first-order valence-electron chi connectivity index (χ1n) is 13.9. The zero-order valence-corrected chi connectivity index (χ0v) is 26.3. The largest absolute Gasteiger partial charge is 0.497 e. The number of nitrogens with zero attached hydrogens (tertiary/aromatic N) is 3. The Bertz CT molecular complexity index is 1480. The molecule has 0 bridgehead atoms. The molecular weight excluding hydrogens is 552 g/mol. The van der Waals surface area contributed by atoms with Crippen LogP contribution < -0.4 is 14.4 Å². The summed E-state index contributed by atoms with van der Waals surface area (Å²) in [6.07, 6.45) is 0.249. The van der Waals surface area contributed by atoms with Crippen molar-refractivity contribution >= 4 is 27.7 Å². The number of methoxy groups -OCH3 is 1. The predicted molar refractivity (Wildman–Crippen MR) is 167 cm³/mol. The molecule has 0 radical (unpaired) electrons. The highest BCUT2D eigenvalue weighted by Gasteiger charge is 2.35. The Balaban J connectivity index is 2.14. The molecule has 226 valence electrons. The van der Waals surface area contributed by atoms with E-state index < -0.39 is 28.7 Å². The molecule has 0 spiro atoms. The Hall–Kier alpha value is -3.89. The fourth-order valence-corrected chi connectivity index (χ4v) is 5.71. The van der Waals surface area contributed by atoms with Crippen molar-refractivity contribution in [3.63, 3.8) is 0 Å². The molecule has 0 aromatic heterocycles. The van der Waals surface area contributed by atoms with Crippen LogP contribution >= 0.6 is 0 Å². The van der Waals surface area contributed by atoms with Crippen LogP contribution in [0.5, 0.6) is 5.75 Å². The Morgan fingerprint density at radius 1 is 0.905 bits per heavy atom. The van der Waals surface area contributed by atoms with Crippen molar-refractivity contribution in [3.8, 4) is 5.75 Å². The molecular formula is C32H42N4O5S. The van der Waals surface area contributed by atoms with Crippen molar-refractivity contribution < 1.29 is 22.7 Å². The van der Waals surface area contributed by atoms with Gasteiger partial charge in [-0.1, -0.05) is 54.6 Å². The maximum absolute atomic E-state index is 14.4. The molecule has 10 heteroatoms. The van der Waals surface area contributed by atoms with Crippen molar-refractivity contribution in [2.45, 2.75) is 52.7 Å². The van der Waals surface area contributed by atoms with Crippen molar-refractivity contribution in [2.24, 2.45) is 0 Å². The molecule has 0 heterocycles. The van der Waals surface area contributed by atoms with Crippen LogP contribution in [0.1, 0.15) is 36.1 Å². The van der Waals surface area contributed by atoms with Crippen molar-refractivity contribution in [2.75, 3.05) is 32.1 Å². The van der Waals surface area contributed by atoms with Gasteiger partial charge in [-0.2, -0.15) is 12.7 Å². The second-order valence-electron chi connectivity index (χ2n) is 10.8. The number of aryl methyl sites for hydroxylation is 2. The second kappa shape index (κ2) is 14.3. The van der Waals surface area contributed by atoms with Gasteiger partial charge in [-0.05, 0) is 68.1 Å². The molecule has 0 fully saturated rings. The molecule has 42 heavy (non-hydrogen) atoms. The van der Waals surface area contributed by atoms with Crippen LogP contribution in [0.4, 0.5) is 5.69 Å². The van der Waals surface area contributed by atoms with Gasteiger partial charge in [-0.3, -0.25) is 9.59 Å². The monoisotopic (exact) mass is 594 g/mol. The van der Waals surface area contributed by atoms with Crippen LogP contribution in [-0.4, -0.2) is 69.3 Å². The number of hydrogen-bond donors (Lipinski definition) is 1. The molecule has 3 rings (SSSR count). The summed E-state index contributed by atoms with van der Waals surface area (Å²) < 4.78 is 34.8. The number of ether oxygens (including phenoxy) is 1. The molecule has 2 amide bonds. The summed E-state index contributed by atoms with van der Waals surface area (Å²) in [5, 5.41) is 2.96. The Morgan fingerprint density at radius 3 is 2.19 bits per heavy atom. The Labute approximate surface area is 250 Å². The maximum atomic E-state index is 14.4. The van der Waals surface area contributed by atoms with Crippen LogP contribution in [0.3, 0.4) is 0 Å². The van der Waals surface area contributed by atoms with Crippen LogP contribution in [0.25, 0.3) is 0 Å². The third-order valence-corrected chi connectivity index (χ3v) is 8.65. The van der Waals surface area contributed by atoms with E-state index in [1.54, 1.807) is 32.2 Å². The van der Waals surface area contributed by atoms with Crippen LogP contribution in [0.15, 0.2) is 72.8 Å². The van der Waals surface area contributed by atoms with E-state index in [0.717, 1.165) is 25.3 Å². The second-order valence-corrected chi connectivity index (χ2v) is 12.9. The molecule has 1 atom stereocenters. The number of nitrogens with one attached hydrogen (secondary N) is 1. The van der Waals surface area contributed by atoms with Gasteiger partial charge in [0, 0.05) is 33.1 Å². The van der Waals surface area contributed by atoms with Crippen LogP contribution in [-0.2, 0) is 32.8 Å². The van der Waals surface area contributed by atoms with E-state index in [1.165, 1.54) is 19.0 Å². The van der Waals surface area contributed by atoms with Gasteiger partial charge in [0.2, 0.25) is 11.8 Å². The van der Waals surface area contributed by atoms with Gasteiger partial charge in [0.1, 0.15) is 18.3 Å². The van der Waals surface area contributed by atoms with Gasteiger partial charge < -0.3 is 15.0 Å². The number of amides is 2. The van der Waals surface area contributed by atoms with Crippen LogP contribution in [0.2, 0.25) is 0 Å².